The van der Waals surface area contributed by atoms with E-state index in [0.717, 1.165) is 5.56 Å². The fraction of sp³-hybridized carbons (Fsp3) is 0.400. The zero-order chi connectivity index (χ0) is 15.4. The van der Waals surface area contributed by atoms with Gasteiger partial charge in [-0.15, -0.1) is 0 Å². The molecule has 0 unspecified atom stereocenters. The molecule has 0 atom stereocenters. The summed E-state index contributed by atoms with van der Waals surface area (Å²) in [5.41, 5.74) is 1.24. The van der Waals surface area contributed by atoms with Gasteiger partial charge in [0.25, 0.3) is 6.43 Å². The summed E-state index contributed by atoms with van der Waals surface area (Å²) < 4.78 is 28.0. The summed E-state index contributed by atoms with van der Waals surface area (Å²) in [5, 5.41) is 7.77. The van der Waals surface area contributed by atoms with Crippen molar-refractivity contribution in [2.75, 3.05) is 0 Å². The first-order valence-electron chi connectivity index (χ1n) is 6.78. The third-order valence-electron chi connectivity index (χ3n) is 3.15. The number of rotatable bonds is 6. The molecule has 0 fully saturated rings. The zero-order valence-electron chi connectivity index (χ0n) is 12.0. The summed E-state index contributed by atoms with van der Waals surface area (Å²) in [4.78, 5) is 0. The molecule has 1 aromatic heterocycles. The standard InChI is InChI=1S/C15H18ClF2N3/c1-10(2)19-7-12-8-20-21(14(12)15(17)18)9-11-5-3-4-6-13(11)16/h3-6,8,10,15,19H,7,9H2,1-2H3. The van der Waals surface area contributed by atoms with Crippen molar-refractivity contribution in [2.24, 2.45) is 0 Å². The van der Waals surface area contributed by atoms with Crippen molar-refractivity contribution in [1.29, 1.82) is 0 Å². The Labute approximate surface area is 127 Å². The first-order valence-corrected chi connectivity index (χ1v) is 7.16. The second kappa shape index (κ2) is 7.00. The summed E-state index contributed by atoms with van der Waals surface area (Å²) in [6, 6.07) is 7.41. The Morgan fingerprint density at radius 3 is 2.57 bits per heavy atom. The first kappa shape index (κ1) is 15.9. The van der Waals surface area contributed by atoms with Crippen LogP contribution in [-0.2, 0) is 13.1 Å². The van der Waals surface area contributed by atoms with E-state index >= 15 is 0 Å². The predicted molar refractivity (Wildman–Crippen MR) is 79.7 cm³/mol. The molecule has 3 nitrogen and oxygen atoms in total. The second-order valence-electron chi connectivity index (χ2n) is 5.14. The molecule has 0 radical (unpaired) electrons. The van der Waals surface area contributed by atoms with Crippen LogP contribution < -0.4 is 5.32 Å². The largest absolute Gasteiger partial charge is 0.310 e. The highest BCUT2D eigenvalue weighted by molar-refractivity contribution is 6.31. The maximum atomic E-state index is 13.3. The van der Waals surface area contributed by atoms with E-state index in [9.17, 15) is 8.78 Å². The fourth-order valence-electron chi connectivity index (χ4n) is 2.05. The van der Waals surface area contributed by atoms with E-state index < -0.39 is 6.43 Å². The first-order chi connectivity index (χ1) is 9.99. The second-order valence-corrected chi connectivity index (χ2v) is 5.55. The zero-order valence-corrected chi connectivity index (χ0v) is 12.7. The van der Waals surface area contributed by atoms with E-state index in [4.69, 9.17) is 11.6 Å². The van der Waals surface area contributed by atoms with Crippen LogP contribution in [0.3, 0.4) is 0 Å². The highest BCUT2D eigenvalue weighted by Crippen LogP contribution is 2.25. The van der Waals surface area contributed by atoms with Crippen LogP contribution in [0.1, 0.15) is 37.1 Å². The summed E-state index contributed by atoms with van der Waals surface area (Å²) in [6.07, 6.45) is -1.08. The molecule has 0 aliphatic rings. The van der Waals surface area contributed by atoms with Crippen LogP contribution in [0.15, 0.2) is 30.5 Å². The molecule has 0 saturated heterocycles. The van der Waals surface area contributed by atoms with E-state index in [1.54, 1.807) is 12.1 Å². The van der Waals surface area contributed by atoms with Gasteiger partial charge in [-0.25, -0.2) is 8.78 Å². The minimum Gasteiger partial charge on any atom is -0.310 e. The normalized spacial score (nSPS) is 11.6. The Hall–Kier alpha value is -1.46. The maximum absolute atomic E-state index is 13.3. The van der Waals surface area contributed by atoms with Crippen molar-refractivity contribution < 1.29 is 8.78 Å². The quantitative estimate of drug-likeness (QED) is 0.873. The minimum absolute atomic E-state index is 0.0527. The fourth-order valence-corrected chi connectivity index (χ4v) is 2.25. The van der Waals surface area contributed by atoms with Crippen LogP contribution in [0, 0.1) is 0 Å². The van der Waals surface area contributed by atoms with Crippen LogP contribution in [0.25, 0.3) is 0 Å². The molecule has 0 bridgehead atoms. The molecule has 1 aromatic carbocycles. The van der Waals surface area contributed by atoms with Gasteiger partial charge < -0.3 is 5.32 Å². The molecule has 0 amide bonds. The number of benzene rings is 1. The summed E-state index contributed by atoms with van der Waals surface area (Å²) in [7, 11) is 0. The monoisotopic (exact) mass is 313 g/mol. The van der Waals surface area contributed by atoms with Gasteiger partial charge >= 0.3 is 0 Å². The van der Waals surface area contributed by atoms with Crippen molar-refractivity contribution >= 4 is 11.6 Å². The van der Waals surface area contributed by atoms with Gasteiger partial charge in [0.2, 0.25) is 0 Å². The van der Waals surface area contributed by atoms with Crippen LogP contribution >= 0.6 is 11.6 Å². The SMILES string of the molecule is CC(C)NCc1cnn(Cc2ccccc2Cl)c1C(F)F. The number of nitrogens with zero attached hydrogens (tertiary/aromatic N) is 2. The molecule has 2 aromatic rings. The number of halogens is 3. The van der Waals surface area contributed by atoms with Crippen molar-refractivity contribution in [3.8, 4) is 0 Å². The van der Waals surface area contributed by atoms with Crippen molar-refractivity contribution in [3.63, 3.8) is 0 Å². The van der Waals surface area contributed by atoms with Gasteiger partial charge in [0, 0.05) is 23.2 Å². The van der Waals surface area contributed by atoms with Crippen LogP contribution in [0.4, 0.5) is 8.78 Å². The lowest BCUT2D eigenvalue weighted by atomic mass is 10.2. The molecule has 0 aliphatic carbocycles. The summed E-state index contributed by atoms with van der Waals surface area (Å²) in [5.74, 6) is 0. The number of nitrogens with one attached hydrogen (secondary N) is 1. The van der Waals surface area contributed by atoms with Gasteiger partial charge in [0.15, 0.2) is 0 Å². The van der Waals surface area contributed by atoms with Crippen molar-refractivity contribution in [1.82, 2.24) is 15.1 Å². The number of hydrogen-bond acceptors (Lipinski definition) is 2. The van der Waals surface area contributed by atoms with Crippen molar-refractivity contribution in [3.05, 3.63) is 52.3 Å². The molecular formula is C15H18ClF2N3. The number of alkyl halides is 2. The van der Waals surface area contributed by atoms with Crippen LogP contribution in [-0.4, -0.2) is 15.8 Å². The van der Waals surface area contributed by atoms with Crippen LogP contribution in [0.2, 0.25) is 5.02 Å². The van der Waals surface area contributed by atoms with Gasteiger partial charge in [0.1, 0.15) is 5.69 Å². The van der Waals surface area contributed by atoms with Gasteiger partial charge in [-0.2, -0.15) is 5.10 Å². The van der Waals surface area contributed by atoms with E-state index in [0.29, 0.717) is 17.1 Å². The lowest BCUT2D eigenvalue weighted by Gasteiger charge is -2.11. The van der Waals surface area contributed by atoms with Crippen LogP contribution in [0.5, 0.6) is 0 Å². The van der Waals surface area contributed by atoms with Gasteiger partial charge in [0.05, 0.1) is 12.7 Å². The molecule has 0 aliphatic heterocycles. The van der Waals surface area contributed by atoms with E-state index in [2.05, 4.69) is 10.4 Å². The van der Waals surface area contributed by atoms with Gasteiger partial charge in [-0.3, -0.25) is 4.68 Å². The maximum Gasteiger partial charge on any atom is 0.280 e. The smallest absolute Gasteiger partial charge is 0.280 e. The van der Waals surface area contributed by atoms with E-state index in [1.807, 2.05) is 26.0 Å². The Morgan fingerprint density at radius 2 is 1.95 bits per heavy atom. The average molecular weight is 314 g/mol. The topological polar surface area (TPSA) is 29.9 Å². The molecule has 0 saturated carbocycles. The molecule has 1 heterocycles. The Kier molecular flexibility index (Phi) is 5.31. The molecule has 6 heteroatoms. The molecule has 21 heavy (non-hydrogen) atoms. The van der Waals surface area contributed by atoms with Gasteiger partial charge in [-0.05, 0) is 11.6 Å². The molecule has 1 N–H and O–H groups in total. The molecule has 0 spiro atoms. The lowest BCUT2D eigenvalue weighted by molar-refractivity contribution is 0.138. The Bertz CT molecular complexity index is 596. The average Bonchev–Trinajstić information content (AvgIpc) is 2.82. The number of aromatic nitrogens is 2. The Morgan fingerprint density at radius 1 is 1.24 bits per heavy atom. The third-order valence-corrected chi connectivity index (χ3v) is 3.51. The highest BCUT2D eigenvalue weighted by atomic mass is 35.5. The minimum atomic E-state index is -2.57. The predicted octanol–water partition coefficient (Wildman–Crippen LogP) is 4.02. The lowest BCUT2D eigenvalue weighted by Crippen LogP contribution is -2.22. The highest BCUT2D eigenvalue weighted by Gasteiger charge is 2.20. The van der Waals surface area contributed by atoms with Crippen molar-refractivity contribution in [2.45, 2.75) is 39.4 Å². The van der Waals surface area contributed by atoms with E-state index in [-0.39, 0.29) is 18.3 Å². The third kappa shape index (κ3) is 4.02. The molecular weight excluding hydrogens is 296 g/mol. The van der Waals surface area contributed by atoms with E-state index in [1.165, 1.54) is 10.9 Å². The Balaban J connectivity index is 2.25. The number of hydrogen-bond donors (Lipinski definition) is 1. The summed E-state index contributed by atoms with van der Waals surface area (Å²) in [6.45, 7) is 4.55. The summed E-state index contributed by atoms with van der Waals surface area (Å²) >= 11 is 6.07. The molecule has 114 valence electrons. The molecule has 2 rings (SSSR count). The van der Waals surface area contributed by atoms with Gasteiger partial charge in [-0.1, -0.05) is 43.6 Å².